The van der Waals surface area contributed by atoms with Gasteiger partial charge < -0.3 is 22.4 Å². The van der Waals surface area contributed by atoms with Gasteiger partial charge in [0.2, 0.25) is 0 Å². The Kier molecular flexibility index (Phi) is 11.9. The van der Waals surface area contributed by atoms with E-state index < -0.39 is 0 Å². The molecule has 0 aliphatic carbocycles. The molecule has 0 aliphatic heterocycles. The molecule has 0 bridgehead atoms. The summed E-state index contributed by atoms with van der Waals surface area (Å²) in [5, 5.41) is 21.6. The van der Waals surface area contributed by atoms with Crippen LogP contribution in [-0.4, -0.2) is 29.1 Å². The summed E-state index contributed by atoms with van der Waals surface area (Å²) in [6.45, 7) is 0. The third-order valence-corrected chi connectivity index (χ3v) is 22.4. The first-order chi connectivity index (χ1) is 53.0. The van der Waals surface area contributed by atoms with E-state index in [2.05, 4.69) is 300 Å². The number of hydrogen-bond donors (Lipinski definition) is 0. The van der Waals surface area contributed by atoms with Crippen LogP contribution < -0.4 is 0 Å². The van der Waals surface area contributed by atoms with Gasteiger partial charge >= 0.3 is 0 Å². The lowest BCUT2D eigenvalue weighted by molar-refractivity contribution is 0.667. The minimum atomic E-state index is 0.608. The summed E-state index contributed by atoms with van der Waals surface area (Å²) in [6, 6.07) is 117. The molecule has 494 valence electrons. The predicted molar refractivity (Wildman–Crippen MR) is 440 cm³/mol. The van der Waals surface area contributed by atoms with Gasteiger partial charge in [-0.15, -0.1) is 0 Å². The van der Waals surface area contributed by atoms with Crippen molar-refractivity contribution in [1.82, 2.24) is 29.1 Å². The highest BCUT2D eigenvalue weighted by Gasteiger charge is 2.26. The average Bonchev–Trinajstić information content (AvgIpc) is 1.62. The number of benzene rings is 17. The van der Waals surface area contributed by atoms with E-state index in [0.29, 0.717) is 17.2 Å². The fourth-order valence-electron chi connectivity index (χ4n) is 17.4. The molecule has 0 radical (unpaired) electrons. The van der Waals surface area contributed by atoms with E-state index in [1.807, 2.05) is 36.4 Å². The van der Waals surface area contributed by atoms with E-state index in [9.17, 15) is 0 Å². The smallest absolute Gasteiger partial charge is 0.180 e. The minimum absolute atomic E-state index is 0.608. The first-order valence-electron chi connectivity index (χ1n) is 36.2. The average molecular weight is 1360 g/mol. The Bertz CT molecular complexity index is 8030. The lowest BCUT2D eigenvalue weighted by atomic mass is 9.97. The highest BCUT2D eigenvalue weighted by Crippen LogP contribution is 2.47. The van der Waals surface area contributed by atoms with Gasteiger partial charge in [0.1, 0.15) is 39.1 Å². The molecule has 107 heavy (non-hydrogen) atoms. The van der Waals surface area contributed by atoms with Crippen molar-refractivity contribution in [1.29, 1.82) is 0 Å². The molecule has 7 aromatic heterocycles. The summed E-state index contributed by atoms with van der Waals surface area (Å²) in [5.41, 5.74) is 20.3. The number of rotatable bonds is 7. The molecular weight excluding hydrogens is 1310 g/mol. The lowest BCUT2D eigenvalue weighted by Gasteiger charge is -2.13. The van der Waals surface area contributed by atoms with E-state index in [0.717, 1.165) is 193 Å². The van der Waals surface area contributed by atoms with Gasteiger partial charge in [-0.25, -0.2) is 19.9 Å². The molecule has 24 aromatic rings. The molecule has 0 fully saturated rings. The summed E-state index contributed by atoms with van der Waals surface area (Å²) >= 11 is 0. The van der Waals surface area contributed by atoms with Crippen LogP contribution in [0.3, 0.4) is 0 Å². The Labute approximate surface area is 608 Å². The summed E-state index contributed by atoms with van der Waals surface area (Å²) < 4.78 is 25.3. The quantitative estimate of drug-likeness (QED) is 0.157. The SMILES string of the molecule is c1ccc(-c2nc(-c3cc4c5cc(-n6c7ccc(-c8ccc9c(-c%10ccc%11ccccc%11c%10)nc(-c%10cc%11c%12cc(-n%13c%14ccccc%14c%14cc%15ccccc%15cc%14%13)ccc%12oc%11c%11ccccc%10%11)nc9c8)cc7c7cc8ccccc8cc76)ccc5oc4c4ccccc34)nc3c2oc2ccccc23)cc1. The van der Waals surface area contributed by atoms with Crippen molar-refractivity contribution in [2.24, 2.45) is 0 Å². The predicted octanol–water partition coefficient (Wildman–Crippen LogP) is 26.4. The second-order valence-corrected chi connectivity index (χ2v) is 28.3. The van der Waals surface area contributed by atoms with Crippen molar-refractivity contribution in [3.05, 3.63) is 328 Å². The second-order valence-electron chi connectivity index (χ2n) is 28.3. The largest absolute Gasteiger partial charge is 0.455 e. The molecule has 0 saturated heterocycles. The van der Waals surface area contributed by atoms with Gasteiger partial charge in [0.05, 0.1) is 33.3 Å². The van der Waals surface area contributed by atoms with E-state index in [1.54, 1.807) is 0 Å². The molecule has 0 atom stereocenters. The van der Waals surface area contributed by atoms with Crippen LogP contribution in [0.5, 0.6) is 0 Å². The number of aromatic nitrogens is 6. The van der Waals surface area contributed by atoms with Gasteiger partial charge in [-0.05, 0) is 176 Å². The maximum Gasteiger partial charge on any atom is 0.180 e. The molecule has 0 aliphatic rings. The van der Waals surface area contributed by atoms with Crippen LogP contribution in [0.1, 0.15) is 0 Å². The Morgan fingerprint density at radius 1 is 0.215 bits per heavy atom. The first-order valence-corrected chi connectivity index (χ1v) is 36.2. The van der Waals surface area contributed by atoms with Crippen LogP contribution in [0.2, 0.25) is 0 Å². The zero-order valence-electron chi connectivity index (χ0n) is 57.1. The summed E-state index contributed by atoms with van der Waals surface area (Å²) in [5.74, 6) is 1.24. The standard InChI is InChI=1S/C98H54N6O3/c1-2-19-56(20-3-1)92-96-93(73-31-15-17-33-88(73)107-96)102-98(101-92)82-54-80-78-52-66(39-43-90(78)106-95(80)71-30-13-11-27-68(71)82)104-85-41-37-62(47-75(85)76-46-59-23-7-9-25-61(59)50-87(76)104)63-36-40-72-83(48-63)99-97(100-91(72)64-35-34-55-18-4-5-21-57(55)44-64)81-53-79-77-51-65(38-42-89(77)105-94(79)70-29-12-10-26-67(70)81)103-84-32-16-14-28-69(84)74-45-58-22-6-8-24-60(58)49-86(74)103/h1-54H. The molecule has 0 spiro atoms. The molecular formula is C98H54N6O3. The fourth-order valence-corrected chi connectivity index (χ4v) is 17.4. The number of fused-ring (bicyclic) bond motifs is 23. The number of hydrogen-bond acceptors (Lipinski definition) is 7. The van der Waals surface area contributed by atoms with E-state index in [1.165, 1.54) is 32.3 Å². The van der Waals surface area contributed by atoms with Crippen molar-refractivity contribution in [2.45, 2.75) is 0 Å². The Balaban J connectivity index is 0.682. The van der Waals surface area contributed by atoms with Crippen molar-refractivity contribution in [3.63, 3.8) is 0 Å². The molecule has 24 rings (SSSR count). The second kappa shape index (κ2) is 22.0. The molecule has 9 heteroatoms. The maximum absolute atomic E-state index is 6.96. The Hall–Kier alpha value is -14.5. The third kappa shape index (κ3) is 8.62. The zero-order chi connectivity index (χ0) is 69.7. The fraction of sp³-hybridized carbons (Fsp3) is 0. The summed E-state index contributed by atoms with van der Waals surface area (Å²) in [4.78, 5) is 22.2. The van der Waals surface area contributed by atoms with Crippen molar-refractivity contribution in [2.75, 3.05) is 0 Å². The normalized spacial score (nSPS) is 12.3. The van der Waals surface area contributed by atoms with Crippen molar-refractivity contribution >= 4 is 174 Å². The Morgan fingerprint density at radius 3 is 1.34 bits per heavy atom. The molecule has 9 nitrogen and oxygen atoms in total. The molecule has 0 saturated carbocycles. The number of para-hydroxylation sites is 2. The monoisotopic (exact) mass is 1360 g/mol. The highest BCUT2D eigenvalue weighted by molar-refractivity contribution is 6.23. The van der Waals surface area contributed by atoms with Crippen molar-refractivity contribution in [3.8, 4) is 67.8 Å². The zero-order valence-corrected chi connectivity index (χ0v) is 57.1. The minimum Gasteiger partial charge on any atom is -0.455 e. The van der Waals surface area contributed by atoms with Crippen LogP contribution in [0.4, 0.5) is 0 Å². The van der Waals surface area contributed by atoms with Gasteiger partial charge in [-0.2, -0.15) is 0 Å². The van der Waals surface area contributed by atoms with Gasteiger partial charge in [0.25, 0.3) is 0 Å². The molecule has 0 amide bonds. The number of furan rings is 3. The number of nitrogens with zero attached hydrogens (tertiary/aromatic N) is 6. The van der Waals surface area contributed by atoms with Gasteiger partial charge in [-0.3, -0.25) is 0 Å². The van der Waals surface area contributed by atoms with E-state index >= 15 is 0 Å². The van der Waals surface area contributed by atoms with Crippen LogP contribution in [0, 0.1) is 0 Å². The molecule has 0 N–H and O–H groups in total. The van der Waals surface area contributed by atoms with E-state index in [-0.39, 0.29) is 0 Å². The summed E-state index contributed by atoms with van der Waals surface area (Å²) in [7, 11) is 0. The third-order valence-electron chi connectivity index (χ3n) is 22.4. The van der Waals surface area contributed by atoms with E-state index in [4.69, 9.17) is 33.2 Å². The van der Waals surface area contributed by atoms with Gasteiger partial charge in [0.15, 0.2) is 17.2 Å². The Morgan fingerprint density at radius 2 is 0.682 bits per heavy atom. The van der Waals surface area contributed by atoms with Crippen LogP contribution in [0.15, 0.2) is 341 Å². The van der Waals surface area contributed by atoms with Crippen molar-refractivity contribution < 1.29 is 13.3 Å². The van der Waals surface area contributed by atoms with Gasteiger partial charge in [-0.1, -0.05) is 206 Å². The summed E-state index contributed by atoms with van der Waals surface area (Å²) in [6.07, 6.45) is 0. The van der Waals surface area contributed by atoms with Gasteiger partial charge in [0, 0.05) is 98.3 Å². The molecule has 0 unspecified atom stereocenters. The topological polar surface area (TPSA) is 101 Å². The van der Waals surface area contributed by atoms with Crippen LogP contribution in [-0.2, 0) is 0 Å². The van der Waals surface area contributed by atoms with Crippen LogP contribution in [0.25, 0.3) is 242 Å². The van der Waals surface area contributed by atoms with Crippen LogP contribution >= 0.6 is 0 Å². The molecule has 7 heterocycles. The maximum atomic E-state index is 6.96. The molecule has 17 aromatic carbocycles. The first kappa shape index (κ1) is 58.0. The highest BCUT2D eigenvalue weighted by atomic mass is 16.3. The lowest BCUT2D eigenvalue weighted by Crippen LogP contribution is -1.97.